The van der Waals surface area contributed by atoms with Crippen molar-refractivity contribution in [3.8, 4) is 0 Å². The van der Waals surface area contributed by atoms with Crippen molar-refractivity contribution in [1.82, 2.24) is 10.3 Å². The molecule has 1 N–H and O–H groups in total. The van der Waals surface area contributed by atoms with Gasteiger partial charge in [-0.15, -0.1) is 0 Å². The van der Waals surface area contributed by atoms with Gasteiger partial charge in [-0.3, -0.25) is 4.98 Å². The maximum absolute atomic E-state index is 5.21. The van der Waals surface area contributed by atoms with Crippen molar-refractivity contribution in [2.75, 3.05) is 38.3 Å². The van der Waals surface area contributed by atoms with E-state index in [-0.39, 0.29) is 0 Å². The number of pyridine rings is 1. The second kappa shape index (κ2) is 7.07. The molecule has 1 fully saturated rings. The number of rotatable bonds is 6. The van der Waals surface area contributed by atoms with Crippen LogP contribution in [0.2, 0.25) is 0 Å². The van der Waals surface area contributed by atoms with Gasteiger partial charge in [0.2, 0.25) is 0 Å². The molecular formula is C13H20BrN3O. The first-order chi connectivity index (χ1) is 8.81. The van der Waals surface area contributed by atoms with Gasteiger partial charge in [0.15, 0.2) is 0 Å². The van der Waals surface area contributed by atoms with Crippen LogP contribution in [0.1, 0.15) is 12.8 Å². The average Bonchev–Trinajstić information content (AvgIpc) is 2.88. The number of nitrogens with zero attached hydrogens (tertiary/aromatic N) is 2. The third-order valence-corrected chi connectivity index (χ3v) is 3.87. The predicted octanol–water partition coefficient (Wildman–Crippen LogP) is 2.05. The maximum Gasteiger partial charge on any atom is 0.0637 e. The van der Waals surface area contributed by atoms with E-state index in [4.69, 9.17) is 4.74 Å². The zero-order chi connectivity index (χ0) is 12.8. The van der Waals surface area contributed by atoms with Gasteiger partial charge in [-0.25, -0.2) is 0 Å². The molecule has 0 aromatic carbocycles. The Hall–Kier alpha value is -0.650. The summed E-state index contributed by atoms with van der Waals surface area (Å²) in [7, 11) is 1.74. The first kappa shape index (κ1) is 13.8. The Balaban J connectivity index is 2.06. The lowest BCUT2D eigenvalue weighted by molar-refractivity contribution is 0.204. The Labute approximate surface area is 117 Å². The molecule has 100 valence electrons. The molecule has 1 aliphatic heterocycles. The van der Waals surface area contributed by atoms with Crippen LogP contribution in [0.3, 0.4) is 0 Å². The summed E-state index contributed by atoms with van der Waals surface area (Å²) in [5.41, 5.74) is 1.19. The van der Waals surface area contributed by atoms with Crippen LogP contribution >= 0.6 is 15.9 Å². The first-order valence-corrected chi connectivity index (χ1v) is 7.17. The van der Waals surface area contributed by atoms with Crippen molar-refractivity contribution in [2.24, 2.45) is 0 Å². The smallest absolute Gasteiger partial charge is 0.0637 e. The van der Waals surface area contributed by atoms with E-state index in [9.17, 15) is 0 Å². The zero-order valence-electron chi connectivity index (χ0n) is 10.7. The van der Waals surface area contributed by atoms with E-state index in [1.165, 1.54) is 18.5 Å². The molecule has 5 heteroatoms. The van der Waals surface area contributed by atoms with Crippen LogP contribution in [0, 0.1) is 0 Å². The Morgan fingerprint density at radius 3 is 3.17 bits per heavy atom. The van der Waals surface area contributed by atoms with Gasteiger partial charge in [0, 0.05) is 38.6 Å². The minimum absolute atomic E-state index is 0.585. The van der Waals surface area contributed by atoms with Crippen molar-refractivity contribution >= 4 is 21.6 Å². The summed E-state index contributed by atoms with van der Waals surface area (Å²) in [6.45, 7) is 3.80. The van der Waals surface area contributed by atoms with Crippen LogP contribution in [0.15, 0.2) is 22.9 Å². The van der Waals surface area contributed by atoms with Gasteiger partial charge in [0.25, 0.3) is 0 Å². The Morgan fingerprint density at radius 2 is 2.50 bits per heavy atom. The fraction of sp³-hybridized carbons (Fsp3) is 0.615. The van der Waals surface area contributed by atoms with Crippen molar-refractivity contribution in [2.45, 2.75) is 18.9 Å². The highest BCUT2D eigenvalue weighted by Crippen LogP contribution is 2.25. The minimum Gasteiger partial charge on any atom is -0.383 e. The van der Waals surface area contributed by atoms with Crippen LogP contribution in [0.4, 0.5) is 5.69 Å². The largest absolute Gasteiger partial charge is 0.383 e. The van der Waals surface area contributed by atoms with Gasteiger partial charge in [0.05, 0.1) is 16.8 Å². The van der Waals surface area contributed by atoms with Gasteiger partial charge >= 0.3 is 0 Å². The monoisotopic (exact) mass is 313 g/mol. The van der Waals surface area contributed by atoms with Crippen LogP contribution < -0.4 is 10.2 Å². The summed E-state index contributed by atoms with van der Waals surface area (Å²) in [6.07, 6.45) is 6.21. The van der Waals surface area contributed by atoms with Crippen LogP contribution in [-0.2, 0) is 4.74 Å². The van der Waals surface area contributed by atoms with Crippen LogP contribution in [0.25, 0.3) is 0 Å². The fourth-order valence-electron chi connectivity index (χ4n) is 2.31. The predicted molar refractivity (Wildman–Crippen MR) is 77.1 cm³/mol. The molecule has 18 heavy (non-hydrogen) atoms. The molecule has 0 radical (unpaired) electrons. The molecule has 0 spiro atoms. The second-order valence-electron chi connectivity index (χ2n) is 4.56. The number of hydrogen-bond donors (Lipinski definition) is 1. The van der Waals surface area contributed by atoms with Gasteiger partial charge in [-0.2, -0.15) is 0 Å². The lowest BCUT2D eigenvalue weighted by Gasteiger charge is -2.28. The number of hydrogen-bond acceptors (Lipinski definition) is 4. The lowest BCUT2D eigenvalue weighted by Crippen LogP contribution is -2.39. The molecule has 1 aromatic rings. The van der Waals surface area contributed by atoms with Crippen molar-refractivity contribution in [3.05, 3.63) is 22.9 Å². The first-order valence-electron chi connectivity index (χ1n) is 6.38. The number of methoxy groups -OCH3 is 1. The van der Waals surface area contributed by atoms with Gasteiger partial charge < -0.3 is 15.0 Å². The second-order valence-corrected chi connectivity index (χ2v) is 5.41. The van der Waals surface area contributed by atoms with Crippen LogP contribution in [0.5, 0.6) is 0 Å². The molecule has 1 unspecified atom stereocenters. The maximum atomic E-state index is 5.21. The van der Waals surface area contributed by atoms with E-state index in [1.54, 1.807) is 7.11 Å². The third-order valence-electron chi connectivity index (χ3n) is 3.26. The van der Waals surface area contributed by atoms with Gasteiger partial charge in [0.1, 0.15) is 0 Å². The average molecular weight is 314 g/mol. The molecule has 1 atom stereocenters. The van der Waals surface area contributed by atoms with Crippen molar-refractivity contribution in [3.63, 3.8) is 0 Å². The summed E-state index contributed by atoms with van der Waals surface area (Å²) < 4.78 is 6.25. The molecule has 0 bridgehead atoms. The molecule has 1 aromatic heterocycles. The molecule has 0 aliphatic carbocycles. The van der Waals surface area contributed by atoms with Crippen molar-refractivity contribution in [1.29, 1.82) is 0 Å². The summed E-state index contributed by atoms with van der Waals surface area (Å²) in [5.74, 6) is 0. The summed E-state index contributed by atoms with van der Waals surface area (Å²) in [5, 5.41) is 3.54. The highest BCUT2D eigenvalue weighted by Gasteiger charge is 2.19. The summed E-state index contributed by atoms with van der Waals surface area (Å²) in [4.78, 5) is 6.48. The molecule has 1 saturated heterocycles. The van der Waals surface area contributed by atoms with Gasteiger partial charge in [-0.05, 0) is 41.4 Å². The van der Waals surface area contributed by atoms with E-state index in [0.29, 0.717) is 6.04 Å². The molecule has 0 amide bonds. The highest BCUT2D eigenvalue weighted by molar-refractivity contribution is 9.10. The quantitative estimate of drug-likeness (QED) is 0.872. The molecule has 1 aliphatic rings. The third kappa shape index (κ3) is 3.67. The molecule has 2 heterocycles. The number of anilines is 1. The number of ether oxygens (including phenoxy) is 1. The molecule has 4 nitrogen and oxygen atoms in total. The van der Waals surface area contributed by atoms with E-state index in [0.717, 1.165) is 30.7 Å². The zero-order valence-corrected chi connectivity index (χ0v) is 12.3. The highest BCUT2D eigenvalue weighted by atomic mass is 79.9. The normalized spacial score (nSPS) is 19.1. The van der Waals surface area contributed by atoms with Crippen molar-refractivity contribution < 1.29 is 4.74 Å². The lowest BCUT2D eigenvalue weighted by atomic mass is 10.2. The molecule has 2 rings (SSSR count). The van der Waals surface area contributed by atoms with E-state index < -0.39 is 0 Å². The van der Waals surface area contributed by atoms with Crippen LogP contribution in [-0.4, -0.2) is 44.4 Å². The van der Waals surface area contributed by atoms with E-state index in [2.05, 4.69) is 37.2 Å². The molecular weight excluding hydrogens is 294 g/mol. The van der Waals surface area contributed by atoms with Gasteiger partial charge in [-0.1, -0.05) is 0 Å². The summed E-state index contributed by atoms with van der Waals surface area (Å²) >= 11 is 3.57. The number of aromatic nitrogens is 1. The Morgan fingerprint density at radius 1 is 1.61 bits per heavy atom. The SMILES string of the molecule is COCCN(CC1CCCN1)c1ccncc1Br. The fourth-order valence-corrected chi connectivity index (χ4v) is 2.82. The molecule has 0 saturated carbocycles. The standard InChI is InChI=1S/C13H20BrN3O/c1-18-8-7-17(10-11-3-2-5-16-11)13-4-6-15-9-12(13)14/h4,6,9,11,16H,2-3,5,7-8,10H2,1H3. The van der Waals surface area contributed by atoms with E-state index >= 15 is 0 Å². The number of halogens is 1. The Kier molecular flexibility index (Phi) is 5.41. The van der Waals surface area contributed by atoms with E-state index in [1.807, 2.05) is 12.4 Å². The Bertz CT molecular complexity index is 369. The topological polar surface area (TPSA) is 37.4 Å². The summed E-state index contributed by atoms with van der Waals surface area (Å²) in [6, 6.07) is 2.64. The minimum atomic E-state index is 0.585. The number of nitrogens with one attached hydrogen (secondary N) is 1.